The van der Waals surface area contributed by atoms with E-state index in [-0.39, 0.29) is 11.8 Å². The van der Waals surface area contributed by atoms with E-state index in [1.54, 1.807) is 0 Å². The first-order valence-electron chi connectivity index (χ1n) is 7.43. The van der Waals surface area contributed by atoms with Crippen LogP contribution in [0.25, 0.3) is 0 Å². The molecule has 2 rings (SSSR count). The van der Waals surface area contributed by atoms with Crippen molar-refractivity contribution in [2.45, 2.75) is 43.7 Å². The molecule has 0 radical (unpaired) electrons. The highest BCUT2D eigenvalue weighted by atomic mass is 16.5. The molecule has 0 amide bonds. The molecule has 0 saturated heterocycles. The first kappa shape index (κ1) is 15.4. The van der Waals surface area contributed by atoms with Gasteiger partial charge < -0.3 is 20.7 Å². The summed E-state index contributed by atoms with van der Waals surface area (Å²) in [6.07, 6.45) is 3.43. The molecular formula is C16H27N3O. The largest absolute Gasteiger partial charge is 0.372 e. The highest BCUT2D eigenvalue weighted by Gasteiger charge is 2.38. The van der Waals surface area contributed by atoms with Gasteiger partial charge in [0.25, 0.3) is 0 Å². The molecule has 1 aromatic carbocycles. The third kappa shape index (κ3) is 3.58. The van der Waals surface area contributed by atoms with Crippen LogP contribution in [-0.2, 0) is 11.3 Å². The van der Waals surface area contributed by atoms with Gasteiger partial charge in [-0.1, -0.05) is 30.3 Å². The second kappa shape index (κ2) is 7.18. The Labute approximate surface area is 122 Å². The number of hydrogen-bond acceptors (Lipinski definition) is 4. The lowest BCUT2D eigenvalue weighted by molar-refractivity contribution is -0.0275. The molecule has 0 spiro atoms. The van der Waals surface area contributed by atoms with Gasteiger partial charge in [0.15, 0.2) is 0 Å². The van der Waals surface area contributed by atoms with Crippen LogP contribution in [-0.4, -0.2) is 39.0 Å². The third-order valence-electron chi connectivity index (χ3n) is 4.51. The summed E-state index contributed by atoms with van der Waals surface area (Å²) < 4.78 is 6.14. The molecule has 20 heavy (non-hydrogen) atoms. The third-order valence-corrected chi connectivity index (χ3v) is 4.51. The number of likely N-dealkylation sites (N-methyl/N-ethyl adjacent to an activating group) is 1. The van der Waals surface area contributed by atoms with E-state index in [4.69, 9.17) is 4.74 Å². The Hall–Kier alpha value is -0.940. The fraction of sp³-hybridized carbons (Fsp3) is 0.625. The summed E-state index contributed by atoms with van der Waals surface area (Å²) in [7, 11) is 6.06. The zero-order chi connectivity index (χ0) is 14.4. The lowest BCUT2D eigenvalue weighted by Gasteiger charge is -2.44. The molecule has 0 heterocycles. The zero-order valence-corrected chi connectivity index (χ0v) is 12.8. The maximum absolute atomic E-state index is 6.14. The van der Waals surface area contributed by atoms with Gasteiger partial charge >= 0.3 is 0 Å². The van der Waals surface area contributed by atoms with Gasteiger partial charge in [-0.25, -0.2) is 0 Å². The molecule has 2 atom stereocenters. The molecular weight excluding hydrogens is 250 g/mol. The smallest absolute Gasteiger partial charge is 0.0734 e. The highest BCUT2D eigenvalue weighted by Crippen LogP contribution is 2.28. The quantitative estimate of drug-likeness (QED) is 0.689. The molecule has 1 aromatic rings. The van der Waals surface area contributed by atoms with Gasteiger partial charge in [0.2, 0.25) is 0 Å². The molecule has 112 valence electrons. The fourth-order valence-electron chi connectivity index (χ4n) is 3.04. The van der Waals surface area contributed by atoms with E-state index in [0.717, 1.165) is 19.3 Å². The highest BCUT2D eigenvalue weighted by molar-refractivity contribution is 5.13. The lowest BCUT2D eigenvalue weighted by Crippen LogP contribution is -2.62. The van der Waals surface area contributed by atoms with Crippen LogP contribution in [0.3, 0.4) is 0 Å². The SMILES string of the molecule is CNC1CC(NC)(NC)CCC1OCc1ccccc1. The summed E-state index contributed by atoms with van der Waals surface area (Å²) in [4.78, 5) is 0. The van der Waals surface area contributed by atoms with Crippen LogP contribution in [0.1, 0.15) is 24.8 Å². The summed E-state index contributed by atoms with van der Waals surface area (Å²) in [5.41, 5.74) is 1.27. The topological polar surface area (TPSA) is 45.3 Å². The Morgan fingerprint density at radius 3 is 2.45 bits per heavy atom. The second-order valence-electron chi connectivity index (χ2n) is 5.56. The van der Waals surface area contributed by atoms with E-state index in [2.05, 4.69) is 40.2 Å². The first-order chi connectivity index (χ1) is 9.73. The maximum Gasteiger partial charge on any atom is 0.0734 e. The normalized spacial score (nSPS) is 25.6. The van der Waals surface area contributed by atoms with Crippen LogP contribution in [0.5, 0.6) is 0 Å². The molecule has 4 nitrogen and oxygen atoms in total. The summed E-state index contributed by atoms with van der Waals surface area (Å²) in [6.45, 7) is 0.690. The molecule has 0 aliphatic heterocycles. The average Bonchev–Trinajstić information content (AvgIpc) is 2.53. The molecule has 0 aromatic heterocycles. The first-order valence-corrected chi connectivity index (χ1v) is 7.43. The van der Waals surface area contributed by atoms with Crippen LogP contribution in [0.2, 0.25) is 0 Å². The predicted molar refractivity (Wildman–Crippen MR) is 82.6 cm³/mol. The van der Waals surface area contributed by atoms with Gasteiger partial charge in [-0.05, 0) is 46.0 Å². The Balaban J connectivity index is 1.92. The van der Waals surface area contributed by atoms with Gasteiger partial charge in [0, 0.05) is 6.04 Å². The number of nitrogens with one attached hydrogen (secondary N) is 3. The predicted octanol–water partition coefficient (Wildman–Crippen LogP) is 1.48. The maximum atomic E-state index is 6.14. The summed E-state index contributed by atoms with van der Waals surface area (Å²) in [5.74, 6) is 0. The van der Waals surface area contributed by atoms with Gasteiger partial charge in [-0.15, -0.1) is 0 Å². The van der Waals surface area contributed by atoms with Crippen LogP contribution < -0.4 is 16.0 Å². The molecule has 1 saturated carbocycles. The van der Waals surface area contributed by atoms with Crippen LogP contribution in [0, 0.1) is 0 Å². The van der Waals surface area contributed by atoms with E-state index >= 15 is 0 Å². The van der Waals surface area contributed by atoms with Crippen molar-refractivity contribution in [2.75, 3.05) is 21.1 Å². The zero-order valence-electron chi connectivity index (χ0n) is 12.8. The number of ether oxygens (including phenoxy) is 1. The Bertz CT molecular complexity index is 392. The monoisotopic (exact) mass is 277 g/mol. The summed E-state index contributed by atoms with van der Waals surface area (Å²) in [5, 5.41) is 10.2. The van der Waals surface area contributed by atoms with Crippen molar-refractivity contribution in [1.82, 2.24) is 16.0 Å². The van der Waals surface area contributed by atoms with Crippen molar-refractivity contribution in [3.8, 4) is 0 Å². The van der Waals surface area contributed by atoms with Crippen molar-refractivity contribution in [3.05, 3.63) is 35.9 Å². The van der Waals surface area contributed by atoms with Crippen molar-refractivity contribution < 1.29 is 4.74 Å². The number of hydrogen-bond donors (Lipinski definition) is 3. The molecule has 4 heteroatoms. The minimum absolute atomic E-state index is 0.0281. The number of benzene rings is 1. The van der Waals surface area contributed by atoms with Crippen LogP contribution in [0.4, 0.5) is 0 Å². The Morgan fingerprint density at radius 2 is 1.85 bits per heavy atom. The number of rotatable bonds is 6. The van der Waals surface area contributed by atoms with Gasteiger partial charge in [-0.2, -0.15) is 0 Å². The van der Waals surface area contributed by atoms with Crippen LogP contribution in [0.15, 0.2) is 30.3 Å². The van der Waals surface area contributed by atoms with E-state index in [0.29, 0.717) is 12.6 Å². The molecule has 1 aliphatic carbocycles. The van der Waals surface area contributed by atoms with Crippen molar-refractivity contribution in [3.63, 3.8) is 0 Å². The van der Waals surface area contributed by atoms with Gasteiger partial charge in [0.05, 0.1) is 18.4 Å². The molecule has 1 aliphatic rings. The summed E-state index contributed by atoms with van der Waals surface area (Å²) >= 11 is 0. The lowest BCUT2D eigenvalue weighted by atomic mass is 9.83. The minimum Gasteiger partial charge on any atom is -0.372 e. The van der Waals surface area contributed by atoms with Gasteiger partial charge in [-0.3, -0.25) is 0 Å². The van der Waals surface area contributed by atoms with Gasteiger partial charge in [0.1, 0.15) is 0 Å². The Kier molecular flexibility index (Phi) is 5.54. The van der Waals surface area contributed by atoms with Crippen molar-refractivity contribution >= 4 is 0 Å². The molecule has 3 N–H and O–H groups in total. The second-order valence-corrected chi connectivity index (χ2v) is 5.56. The van der Waals surface area contributed by atoms with E-state index in [1.165, 1.54) is 5.56 Å². The standard InChI is InChI=1S/C16H27N3O/c1-17-14-11-16(18-2,19-3)10-9-15(14)20-12-13-7-5-4-6-8-13/h4-8,14-15,17-19H,9-12H2,1-3H3. The minimum atomic E-state index is 0.0281. The van der Waals surface area contributed by atoms with E-state index in [9.17, 15) is 0 Å². The molecule has 1 fully saturated rings. The summed E-state index contributed by atoms with van der Waals surface area (Å²) in [6, 6.07) is 10.7. The van der Waals surface area contributed by atoms with Crippen molar-refractivity contribution in [1.29, 1.82) is 0 Å². The van der Waals surface area contributed by atoms with Crippen molar-refractivity contribution in [2.24, 2.45) is 0 Å². The Morgan fingerprint density at radius 1 is 1.15 bits per heavy atom. The fourth-order valence-corrected chi connectivity index (χ4v) is 3.04. The average molecular weight is 277 g/mol. The van der Waals surface area contributed by atoms with Crippen LogP contribution >= 0.6 is 0 Å². The van der Waals surface area contributed by atoms with E-state index < -0.39 is 0 Å². The molecule has 0 bridgehead atoms. The molecule has 2 unspecified atom stereocenters. The van der Waals surface area contributed by atoms with E-state index in [1.807, 2.05) is 27.2 Å².